The van der Waals surface area contributed by atoms with Crippen LogP contribution in [-0.4, -0.2) is 29.8 Å². The molecule has 1 aliphatic heterocycles. The Balaban J connectivity index is 1.68. The monoisotopic (exact) mass is 334 g/mol. The molecule has 0 unspecified atom stereocenters. The number of aliphatic hydroxyl groups excluding tert-OH is 1. The van der Waals surface area contributed by atoms with Crippen molar-refractivity contribution < 1.29 is 5.11 Å². The Morgan fingerprint density at radius 3 is 2.52 bits per heavy atom. The summed E-state index contributed by atoms with van der Waals surface area (Å²) in [5, 5.41) is 11.0. The third-order valence-electron chi connectivity index (χ3n) is 5.15. The number of anilines is 1. The molecule has 2 N–H and O–H groups in total. The molecule has 0 spiro atoms. The van der Waals surface area contributed by atoms with E-state index < -0.39 is 0 Å². The molecule has 0 bridgehead atoms. The molecule has 1 saturated heterocycles. The second-order valence-corrected chi connectivity index (χ2v) is 6.76. The third-order valence-corrected chi connectivity index (χ3v) is 5.15. The number of hydrogen-bond donors (Lipinski definition) is 2. The minimum absolute atomic E-state index is 0.0524. The molecular weight excluding hydrogens is 312 g/mol. The fourth-order valence-electron chi connectivity index (χ4n) is 3.59. The summed E-state index contributed by atoms with van der Waals surface area (Å²) >= 11 is 0. The first-order valence-corrected chi connectivity index (χ1v) is 8.83. The van der Waals surface area contributed by atoms with Gasteiger partial charge in [0.05, 0.1) is 0 Å². The maximum atomic E-state index is 12.6. The number of piperidine rings is 1. The van der Waals surface area contributed by atoms with Gasteiger partial charge in [0.2, 0.25) is 0 Å². The summed E-state index contributed by atoms with van der Waals surface area (Å²) in [6.45, 7) is 2.13. The van der Waals surface area contributed by atoms with E-state index in [0.717, 1.165) is 53.6 Å². The third kappa shape index (κ3) is 3.17. The van der Waals surface area contributed by atoms with Crippen molar-refractivity contribution in [3.05, 3.63) is 65.0 Å². The summed E-state index contributed by atoms with van der Waals surface area (Å²) in [6.07, 6.45) is 2.00. The molecule has 0 radical (unpaired) electrons. The van der Waals surface area contributed by atoms with Crippen LogP contribution >= 0.6 is 0 Å². The summed E-state index contributed by atoms with van der Waals surface area (Å²) in [6, 6.07) is 18.0. The molecule has 0 amide bonds. The number of aromatic nitrogens is 1. The summed E-state index contributed by atoms with van der Waals surface area (Å²) in [4.78, 5) is 17.9. The van der Waals surface area contributed by atoms with E-state index in [9.17, 15) is 9.90 Å². The van der Waals surface area contributed by atoms with E-state index in [1.54, 1.807) is 0 Å². The number of rotatable bonds is 3. The standard InChI is InChI=1S/C21H22N2O2/c24-14-15-8-10-23(11-9-15)18-7-6-17-12-20(16-4-2-1-3-5-16)22-21(25)19(17)13-18/h1-7,12-13,15,24H,8-11,14H2,(H,22,25). The van der Waals surface area contributed by atoms with Gasteiger partial charge in [0.25, 0.3) is 5.56 Å². The quantitative estimate of drug-likeness (QED) is 0.772. The number of hydrogen-bond acceptors (Lipinski definition) is 3. The lowest BCUT2D eigenvalue weighted by atomic mass is 9.97. The summed E-state index contributed by atoms with van der Waals surface area (Å²) in [7, 11) is 0. The van der Waals surface area contributed by atoms with E-state index in [4.69, 9.17) is 0 Å². The van der Waals surface area contributed by atoms with Gasteiger partial charge in [-0.1, -0.05) is 36.4 Å². The number of H-pyrrole nitrogens is 1. The summed E-state index contributed by atoms with van der Waals surface area (Å²) in [5.74, 6) is 0.411. The van der Waals surface area contributed by atoms with Crippen molar-refractivity contribution in [1.82, 2.24) is 4.98 Å². The maximum absolute atomic E-state index is 12.6. The SMILES string of the molecule is O=c1[nH]c(-c2ccccc2)cc2ccc(N3CCC(CO)CC3)cc12. The molecule has 25 heavy (non-hydrogen) atoms. The Kier molecular flexibility index (Phi) is 4.28. The smallest absolute Gasteiger partial charge is 0.256 e. The molecule has 128 valence electrons. The highest BCUT2D eigenvalue weighted by atomic mass is 16.3. The lowest BCUT2D eigenvalue weighted by Gasteiger charge is -2.33. The summed E-state index contributed by atoms with van der Waals surface area (Å²) < 4.78 is 0. The van der Waals surface area contributed by atoms with Crippen molar-refractivity contribution in [3.8, 4) is 11.3 Å². The molecule has 2 aromatic carbocycles. The summed E-state index contributed by atoms with van der Waals surface area (Å²) in [5.41, 5.74) is 2.89. The van der Waals surface area contributed by atoms with Crippen LogP contribution in [0, 0.1) is 5.92 Å². The van der Waals surface area contributed by atoms with Crippen molar-refractivity contribution in [2.45, 2.75) is 12.8 Å². The lowest BCUT2D eigenvalue weighted by Crippen LogP contribution is -2.34. The minimum atomic E-state index is -0.0524. The van der Waals surface area contributed by atoms with Gasteiger partial charge >= 0.3 is 0 Å². The fourth-order valence-corrected chi connectivity index (χ4v) is 3.59. The molecule has 1 aromatic heterocycles. The predicted molar refractivity (Wildman–Crippen MR) is 102 cm³/mol. The van der Waals surface area contributed by atoms with Crippen LogP contribution in [-0.2, 0) is 0 Å². The van der Waals surface area contributed by atoms with Crippen molar-refractivity contribution in [2.75, 3.05) is 24.6 Å². The molecule has 4 heteroatoms. The molecule has 4 nitrogen and oxygen atoms in total. The Bertz CT molecular complexity index is 926. The average molecular weight is 334 g/mol. The van der Waals surface area contributed by atoms with Crippen LogP contribution in [0.1, 0.15) is 12.8 Å². The van der Waals surface area contributed by atoms with Crippen LogP contribution in [0.3, 0.4) is 0 Å². The van der Waals surface area contributed by atoms with Gasteiger partial charge in [0, 0.05) is 36.5 Å². The Labute approximate surface area is 146 Å². The Morgan fingerprint density at radius 2 is 1.80 bits per heavy atom. The zero-order valence-corrected chi connectivity index (χ0v) is 14.1. The van der Waals surface area contributed by atoms with Crippen LogP contribution < -0.4 is 10.5 Å². The zero-order valence-electron chi connectivity index (χ0n) is 14.1. The van der Waals surface area contributed by atoms with Crippen LogP contribution in [0.4, 0.5) is 5.69 Å². The first-order valence-electron chi connectivity index (χ1n) is 8.83. The van der Waals surface area contributed by atoms with E-state index in [2.05, 4.69) is 16.0 Å². The highest BCUT2D eigenvalue weighted by Crippen LogP contribution is 2.27. The minimum Gasteiger partial charge on any atom is -0.396 e. The van der Waals surface area contributed by atoms with Gasteiger partial charge in [-0.15, -0.1) is 0 Å². The molecule has 1 aliphatic rings. The predicted octanol–water partition coefficient (Wildman–Crippen LogP) is 3.40. The van der Waals surface area contributed by atoms with E-state index in [-0.39, 0.29) is 12.2 Å². The highest BCUT2D eigenvalue weighted by Gasteiger charge is 2.19. The van der Waals surface area contributed by atoms with Gasteiger partial charge in [-0.05, 0) is 47.9 Å². The second kappa shape index (κ2) is 6.73. The van der Waals surface area contributed by atoms with Crippen molar-refractivity contribution in [3.63, 3.8) is 0 Å². The number of benzene rings is 2. The first-order chi connectivity index (χ1) is 12.2. The molecule has 1 fully saturated rings. The van der Waals surface area contributed by atoms with Gasteiger partial charge < -0.3 is 15.0 Å². The Hall–Kier alpha value is -2.59. The van der Waals surface area contributed by atoms with Crippen molar-refractivity contribution in [1.29, 1.82) is 0 Å². The van der Waals surface area contributed by atoms with E-state index in [1.807, 2.05) is 48.5 Å². The number of nitrogens with zero attached hydrogens (tertiary/aromatic N) is 1. The van der Waals surface area contributed by atoms with Crippen LogP contribution in [0.25, 0.3) is 22.0 Å². The van der Waals surface area contributed by atoms with E-state index >= 15 is 0 Å². The fraction of sp³-hybridized carbons (Fsp3) is 0.286. The molecule has 2 heterocycles. The van der Waals surface area contributed by atoms with Crippen LogP contribution in [0.5, 0.6) is 0 Å². The normalized spacial score (nSPS) is 15.6. The number of aromatic amines is 1. The first kappa shape index (κ1) is 15.9. The molecule has 0 aliphatic carbocycles. The molecular formula is C21H22N2O2. The zero-order chi connectivity index (χ0) is 17.2. The Morgan fingerprint density at radius 1 is 1.04 bits per heavy atom. The van der Waals surface area contributed by atoms with Gasteiger partial charge in [-0.25, -0.2) is 0 Å². The topological polar surface area (TPSA) is 56.3 Å². The van der Waals surface area contributed by atoms with Crippen LogP contribution in [0.15, 0.2) is 59.4 Å². The second-order valence-electron chi connectivity index (χ2n) is 6.76. The molecule has 3 aromatic rings. The van der Waals surface area contributed by atoms with Gasteiger partial charge in [0.1, 0.15) is 0 Å². The van der Waals surface area contributed by atoms with Crippen molar-refractivity contribution in [2.24, 2.45) is 5.92 Å². The number of pyridine rings is 1. The number of nitrogens with one attached hydrogen (secondary N) is 1. The molecule has 4 rings (SSSR count). The number of fused-ring (bicyclic) bond motifs is 1. The van der Waals surface area contributed by atoms with E-state index in [1.165, 1.54) is 0 Å². The average Bonchev–Trinajstić information content (AvgIpc) is 2.68. The molecule has 0 saturated carbocycles. The van der Waals surface area contributed by atoms with Crippen LogP contribution in [0.2, 0.25) is 0 Å². The van der Waals surface area contributed by atoms with Gasteiger partial charge in [0.15, 0.2) is 0 Å². The van der Waals surface area contributed by atoms with Gasteiger partial charge in [-0.3, -0.25) is 4.79 Å². The highest BCUT2D eigenvalue weighted by molar-refractivity contribution is 5.88. The lowest BCUT2D eigenvalue weighted by molar-refractivity contribution is 0.203. The maximum Gasteiger partial charge on any atom is 0.256 e. The number of aliphatic hydroxyl groups is 1. The van der Waals surface area contributed by atoms with E-state index in [0.29, 0.717) is 5.92 Å². The largest absolute Gasteiger partial charge is 0.396 e. The molecule has 0 atom stereocenters. The van der Waals surface area contributed by atoms with Crippen molar-refractivity contribution >= 4 is 16.5 Å². The van der Waals surface area contributed by atoms with Gasteiger partial charge in [-0.2, -0.15) is 0 Å².